The van der Waals surface area contributed by atoms with E-state index in [0.29, 0.717) is 0 Å². The van der Waals surface area contributed by atoms with Crippen molar-refractivity contribution in [3.8, 4) is 0 Å². The Balaban J connectivity index is -0.000000561. The van der Waals surface area contributed by atoms with Gasteiger partial charge in [0.25, 0.3) is 0 Å². The largest absolute Gasteiger partial charge is 0.550 e. The third kappa shape index (κ3) is 34.9. The number of aliphatic hydroxyl groups is 1. The van der Waals surface area contributed by atoms with E-state index < -0.39 is 5.97 Å². The van der Waals surface area contributed by atoms with Gasteiger partial charge in [0.2, 0.25) is 0 Å². The van der Waals surface area contributed by atoms with Gasteiger partial charge in [0.15, 0.2) is 0 Å². The van der Waals surface area contributed by atoms with E-state index in [1.807, 2.05) is 0 Å². The Hall–Kier alpha value is -0.320. The van der Waals surface area contributed by atoms with Gasteiger partial charge in [-0.25, -0.2) is 0 Å². The first-order valence-corrected chi connectivity index (χ1v) is 10.4. The van der Waals surface area contributed by atoms with Crippen molar-refractivity contribution in [2.75, 3.05) is 34.3 Å². The molecule has 0 bridgehead atoms. The van der Waals surface area contributed by atoms with Crippen LogP contribution in [-0.4, -0.2) is 49.9 Å². The van der Waals surface area contributed by atoms with Crippen LogP contribution in [0.1, 0.15) is 96.8 Å². The summed E-state index contributed by atoms with van der Waals surface area (Å²) in [6.45, 7) is 3.37. The molecule has 0 saturated heterocycles. The average Bonchev–Trinajstić information content (AvgIpc) is 2.51. The third-order valence-corrected chi connectivity index (χ3v) is 4.26. The highest BCUT2D eigenvalue weighted by Crippen LogP contribution is 2.12. The summed E-state index contributed by atoms with van der Waals surface area (Å²) in [7, 11) is 6.16. The van der Waals surface area contributed by atoms with Gasteiger partial charge in [-0.3, -0.25) is 0 Å². The summed E-state index contributed by atoms with van der Waals surface area (Å²) < 4.78 is 0.844. The molecule has 0 aromatic heterocycles. The number of aliphatic hydroxyl groups excluding tert-OH is 1. The summed E-state index contributed by atoms with van der Waals surface area (Å²) in [6, 6.07) is 0. The van der Waals surface area contributed by atoms with E-state index in [9.17, 15) is 9.90 Å². The predicted octanol–water partition coefficient (Wildman–Crippen LogP) is 4.32. The Bertz CT molecular complexity index is 281. The summed E-state index contributed by atoms with van der Waals surface area (Å²) in [5, 5.41) is 18.6. The second kappa shape index (κ2) is 22.7. The first-order chi connectivity index (χ1) is 11.8. The number of halogens is 1. The molecule has 0 fully saturated rings. The fourth-order valence-corrected chi connectivity index (χ4v) is 2.59. The Morgan fingerprint density at radius 3 is 1.35 bits per heavy atom. The molecule has 0 aromatic rings. The lowest BCUT2D eigenvalue weighted by Crippen LogP contribution is -2.36. The molecule has 0 spiro atoms. The molecule has 5 heteroatoms. The van der Waals surface area contributed by atoms with E-state index in [0.717, 1.165) is 23.9 Å². The van der Waals surface area contributed by atoms with Gasteiger partial charge in [-0.05, 0) is 12.8 Å². The summed E-state index contributed by atoms with van der Waals surface area (Å²) in [4.78, 5) is 10.2. The Morgan fingerprint density at radius 1 is 0.769 bits per heavy atom. The molecular formula is C21H46ClNO3. The van der Waals surface area contributed by atoms with Crippen molar-refractivity contribution >= 4 is 18.4 Å². The molecule has 0 radical (unpaired) electrons. The third-order valence-electron chi connectivity index (χ3n) is 4.26. The van der Waals surface area contributed by atoms with Gasteiger partial charge in [-0.15, -0.1) is 12.4 Å². The smallest absolute Gasteiger partial charge is 0.101 e. The number of unbranched alkanes of at least 4 members (excludes halogenated alkanes) is 12. The Kier molecular flexibility index (Phi) is 26.6. The normalized spacial score (nSPS) is 10.7. The standard InChI is InChI=1S/C16H32O2.C5H14NO.ClH/c1-2-3-4-5-6-7-8-9-10-11-12-13-14-15-16(17)18;1-6(2,3)4-5-7;/h2-15H2,1H3,(H,17,18);7H,4-5H2,1-3H3;1H/q;+1;/p-1. The zero-order chi connectivity index (χ0) is 19.4. The summed E-state index contributed by atoms with van der Waals surface area (Å²) in [5.41, 5.74) is 0. The fourth-order valence-electron chi connectivity index (χ4n) is 2.59. The number of hydrogen-bond acceptors (Lipinski definition) is 3. The van der Waals surface area contributed by atoms with Crippen LogP contribution in [-0.2, 0) is 4.79 Å². The molecule has 160 valence electrons. The molecule has 1 N–H and O–H groups in total. The number of quaternary nitrogens is 1. The summed E-state index contributed by atoms with van der Waals surface area (Å²) in [6.07, 6.45) is 16.9. The van der Waals surface area contributed by atoms with E-state index in [4.69, 9.17) is 5.11 Å². The number of carboxylic acid groups (broad SMARTS) is 1. The molecule has 4 nitrogen and oxygen atoms in total. The number of nitrogens with zero attached hydrogens (tertiary/aromatic N) is 1. The van der Waals surface area contributed by atoms with Gasteiger partial charge in [-0.2, -0.15) is 0 Å². The lowest BCUT2D eigenvalue weighted by Gasteiger charge is -2.21. The van der Waals surface area contributed by atoms with Crippen LogP contribution in [0.3, 0.4) is 0 Å². The van der Waals surface area contributed by atoms with Crippen LogP contribution < -0.4 is 5.11 Å². The zero-order valence-corrected chi connectivity index (χ0v) is 18.7. The van der Waals surface area contributed by atoms with Crippen LogP contribution in [0.5, 0.6) is 0 Å². The molecule has 0 saturated carbocycles. The number of rotatable bonds is 16. The van der Waals surface area contributed by atoms with Crippen molar-refractivity contribution in [1.82, 2.24) is 0 Å². The van der Waals surface area contributed by atoms with Gasteiger partial charge in [0.1, 0.15) is 6.54 Å². The van der Waals surface area contributed by atoms with Crippen molar-refractivity contribution < 1.29 is 19.5 Å². The van der Waals surface area contributed by atoms with Crippen molar-refractivity contribution in [1.29, 1.82) is 0 Å². The maximum Gasteiger partial charge on any atom is 0.101 e. The molecule has 0 heterocycles. The second-order valence-corrected chi connectivity index (χ2v) is 8.10. The van der Waals surface area contributed by atoms with Gasteiger partial charge in [-0.1, -0.05) is 84.0 Å². The fraction of sp³-hybridized carbons (Fsp3) is 0.952. The lowest BCUT2D eigenvalue weighted by molar-refractivity contribution is -0.870. The topological polar surface area (TPSA) is 60.4 Å². The monoisotopic (exact) mass is 395 g/mol. The minimum absolute atomic E-state index is 0. The molecule has 0 aliphatic carbocycles. The van der Waals surface area contributed by atoms with E-state index in [1.54, 1.807) is 0 Å². The maximum atomic E-state index is 10.2. The highest BCUT2D eigenvalue weighted by molar-refractivity contribution is 5.85. The Labute approximate surface area is 169 Å². The van der Waals surface area contributed by atoms with Crippen molar-refractivity contribution in [2.24, 2.45) is 0 Å². The van der Waals surface area contributed by atoms with Crippen LogP contribution in [0.2, 0.25) is 0 Å². The van der Waals surface area contributed by atoms with E-state index in [-0.39, 0.29) is 25.4 Å². The van der Waals surface area contributed by atoms with Crippen LogP contribution in [0, 0.1) is 0 Å². The predicted molar refractivity (Wildman–Crippen MR) is 113 cm³/mol. The molecule has 0 aliphatic heterocycles. The SMILES string of the molecule is CCCCCCCCCCCCCCCC(=O)[O-].C[N+](C)(C)CCO.Cl. The second-order valence-electron chi connectivity index (χ2n) is 8.10. The van der Waals surface area contributed by atoms with Gasteiger partial charge in [0, 0.05) is 5.97 Å². The molecule has 0 rings (SSSR count). The van der Waals surface area contributed by atoms with Crippen LogP contribution in [0.25, 0.3) is 0 Å². The first-order valence-electron chi connectivity index (χ1n) is 10.4. The minimum atomic E-state index is -0.905. The van der Waals surface area contributed by atoms with Crippen LogP contribution >= 0.6 is 12.4 Å². The maximum absolute atomic E-state index is 10.2. The van der Waals surface area contributed by atoms with Gasteiger partial charge >= 0.3 is 0 Å². The van der Waals surface area contributed by atoms with E-state index >= 15 is 0 Å². The number of likely N-dealkylation sites (N-methyl/N-ethyl adjacent to an activating group) is 1. The van der Waals surface area contributed by atoms with E-state index in [2.05, 4.69) is 28.1 Å². The number of carbonyl (C=O) groups excluding carboxylic acids is 1. The average molecular weight is 396 g/mol. The molecule has 26 heavy (non-hydrogen) atoms. The molecule has 0 aliphatic rings. The number of aliphatic carboxylic acids is 1. The number of carboxylic acids is 1. The van der Waals surface area contributed by atoms with Crippen LogP contribution in [0.4, 0.5) is 0 Å². The molecule has 0 aromatic carbocycles. The van der Waals surface area contributed by atoms with Crippen molar-refractivity contribution in [3.63, 3.8) is 0 Å². The lowest BCUT2D eigenvalue weighted by atomic mass is 10.0. The Morgan fingerprint density at radius 2 is 1.12 bits per heavy atom. The van der Waals surface area contributed by atoms with Crippen LogP contribution in [0.15, 0.2) is 0 Å². The van der Waals surface area contributed by atoms with E-state index in [1.165, 1.54) is 70.6 Å². The highest BCUT2D eigenvalue weighted by atomic mass is 35.5. The molecular weight excluding hydrogens is 350 g/mol. The van der Waals surface area contributed by atoms with Crippen molar-refractivity contribution in [3.05, 3.63) is 0 Å². The molecule has 0 unspecified atom stereocenters. The van der Waals surface area contributed by atoms with Gasteiger partial charge < -0.3 is 19.5 Å². The van der Waals surface area contributed by atoms with Gasteiger partial charge in [0.05, 0.1) is 27.7 Å². The number of carbonyl (C=O) groups is 1. The molecule has 0 atom stereocenters. The quantitative estimate of drug-likeness (QED) is 0.312. The summed E-state index contributed by atoms with van der Waals surface area (Å²) in [5.74, 6) is -0.905. The number of hydrogen-bond donors (Lipinski definition) is 1. The van der Waals surface area contributed by atoms with Crippen molar-refractivity contribution in [2.45, 2.75) is 96.8 Å². The first kappa shape index (κ1) is 30.4. The minimum Gasteiger partial charge on any atom is -0.550 e. The highest BCUT2D eigenvalue weighted by Gasteiger charge is 2.02. The molecule has 0 amide bonds. The summed E-state index contributed by atoms with van der Waals surface area (Å²) >= 11 is 0. The zero-order valence-electron chi connectivity index (χ0n) is 17.9.